The number of hydrogen-bond acceptors (Lipinski definition) is 3. The number of hydrogen-bond donors (Lipinski definition) is 0. The van der Waals surface area contributed by atoms with Crippen LogP contribution in [0.5, 0.6) is 0 Å². The topological polar surface area (TPSA) is 38.9 Å². The number of halogens is 1. The molecule has 1 aromatic heterocycles. The quantitative estimate of drug-likeness (QED) is 0.837. The second kappa shape index (κ2) is 4.37. The smallest absolute Gasteiger partial charge is 0.248 e. The lowest BCUT2D eigenvalue weighted by molar-refractivity contribution is 0.481. The third kappa shape index (κ3) is 2.02. The van der Waals surface area contributed by atoms with Gasteiger partial charge in [0.25, 0.3) is 0 Å². The fraction of sp³-hybridized carbons (Fsp3) is 0.333. The summed E-state index contributed by atoms with van der Waals surface area (Å²) in [6.07, 6.45) is 0. The van der Waals surface area contributed by atoms with Gasteiger partial charge in [-0.1, -0.05) is 35.8 Å². The number of aromatic nitrogens is 2. The fourth-order valence-corrected chi connectivity index (χ4v) is 1.78. The summed E-state index contributed by atoms with van der Waals surface area (Å²) in [4.78, 5) is 0. The zero-order valence-electron chi connectivity index (χ0n) is 9.49. The molecule has 0 aliphatic carbocycles. The average molecular weight is 281 g/mol. The molecule has 1 aromatic carbocycles. The molecule has 2 aromatic rings. The monoisotopic (exact) mass is 280 g/mol. The van der Waals surface area contributed by atoms with E-state index in [9.17, 15) is 0 Å². The molecule has 0 atom stereocenters. The highest BCUT2D eigenvalue weighted by atomic mass is 79.9. The first-order chi connectivity index (χ1) is 7.59. The van der Waals surface area contributed by atoms with Crippen molar-refractivity contribution >= 4 is 15.9 Å². The van der Waals surface area contributed by atoms with Crippen LogP contribution in [-0.2, 0) is 0 Å². The molecule has 4 heteroatoms. The van der Waals surface area contributed by atoms with Crippen molar-refractivity contribution in [3.63, 3.8) is 0 Å². The van der Waals surface area contributed by atoms with E-state index in [4.69, 9.17) is 4.42 Å². The first kappa shape index (κ1) is 11.3. The van der Waals surface area contributed by atoms with Crippen molar-refractivity contribution in [1.29, 1.82) is 0 Å². The van der Waals surface area contributed by atoms with Crippen LogP contribution in [0.3, 0.4) is 0 Å². The summed E-state index contributed by atoms with van der Waals surface area (Å²) in [6, 6.07) is 5.95. The van der Waals surface area contributed by atoms with Gasteiger partial charge < -0.3 is 4.42 Å². The van der Waals surface area contributed by atoms with Gasteiger partial charge in [0.15, 0.2) is 0 Å². The molecule has 0 bridgehead atoms. The Labute approximate surface area is 103 Å². The van der Waals surface area contributed by atoms with Gasteiger partial charge in [-0.25, -0.2) is 0 Å². The van der Waals surface area contributed by atoms with E-state index in [-0.39, 0.29) is 5.92 Å². The van der Waals surface area contributed by atoms with E-state index in [1.165, 1.54) is 0 Å². The van der Waals surface area contributed by atoms with Gasteiger partial charge in [0.1, 0.15) is 0 Å². The van der Waals surface area contributed by atoms with E-state index in [0.29, 0.717) is 11.8 Å². The molecule has 0 spiro atoms. The van der Waals surface area contributed by atoms with Crippen LogP contribution in [0.15, 0.2) is 27.1 Å². The number of nitrogens with zero attached hydrogens (tertiary/aromatic N) is 2. The lowest BCUT2D eigenvalue weighted by atomic mass is 10.1. The van der Waals surface area contributed by atoms with E-state index in [0.717, 1.165) is 15.6 Å². The second-order valence-corrected chi connectivity index (χ2v) is 4.87. The number of benzene rings is 1. The normalized spacial score (nSPS) is 11.1. The Morgan fingerprint density at radius 2 is 2.00 bits per heavy atom. The van der Waals surface area contributed by atoms with E-state index in [2.05, 4.69) is 26.1 Å². The zero-order valence-corrected chi connectivity index (χ0v) is 11.1. The molecule has 0 saturated heterocycles. The second-order valence-electron chi connectivity index (χ2n) is 4.01. The molecule has 0 amide bonds. The van der Waals surface area contributed by atoms with Crippen LogP contribution >= 0.6 is 15.9 Å². The fourth-order valence-electron chi connectivity index (χ4n) is 1.42. The van der Waals surface area contributed by atoms with Crippen LogP contribution in [0.1, 0.15) is 31.2 Å². The third-order valence-electron chi connectivity index (χ3n) is 2.43. The molecule has 0 fully saturated rings. The Morgan fingerprint density at radius 3 is 2.62 bits per heavy atom. The highest BCUT2D eigenvalue weighted by molar-refractivity contribution is 9.10. The van der Waals surface area contributed by atoms with Crippen LogP contribution in [0, 0.1) is 6.92 Å². The molecule has 3 nitrogen and oxygen atoms in total. The van der Waals surface area contributed by atoms with E-state index in [1.807, 2.05) is 39.0 Å². The first-order valence-corrected chi connectivity index (χ1v) is 5.97. The molecule has 0 aliphatic heterocycles. The molecule has 0 unspecified atom stereocenters. The SMILES string of the molecule is Cc1c(Br)cccc1-c1nnc(C(C)C)o1. The average Bonchev–Trinajstić information content (AvgIpc) is 2.71. The Morgan fingerprint density at radius 1 is 1.25 bits per heavy atom. The van der Waals surface area contributed by atoms with Gasteiger partial charge in [0.05, 0.1) is 0 Å². The van der Waals surface area contributed by atoms with Crippen molar-refractivity contribution in [3.05, 3.63) is 34.1 Å². The minimum Gasteiger partial charge on any atom is -0.420 e. The van der Waals surface area contributed by atoms with Gasteiger partial charge in [-0.2, -0.15) is 0 Å². The van der Waals surface area contributed by atoms with E-state index < -0.39 is 0 Å². The summed E-state index contributed by atoms with van der Waals surface area (Å²) in [5.41, 5.74) is 2.09. The molecule has 16 heavy (non-hydrogen) atoms. The number of rotatable bonds is 2. The van der Waals surface area contributed by atoms with Gasteiger partial charge in [0, 0.05) is 16.0 Å². The molecule has 84 valence electrons. The summed E-state index contributed by atoms with van der Waals surface area (Å²) in [7, 11) is 0. The van der Waals surface area contributed by atoms with Crippen LogP contribution in [0.2, 0.25) is 0 Å². The third-order valence-corrected chi connectivity index (χ3v) is 3.29. The van der Waals surface area contributed by atoms with E-state index in [1.54, 1.807) is 0 Å². The Hall–Kier alpha value is -1.16. The molecule has 0 saturated carbocycles. The standard InChI is InChI=1S/C12H13BrN2O/c1-7(2)11-14-15-12(16-11)9-5-4-6-10(13)8(9)3/h4-7H,1-3H3. The molecule has 2 rings (SSSR count). The van der Waals surface area contributed by atoms with Crippen LogP contribution in [-0.4, -0.2) is 10.2 Å². The maximum Gasteiger partial charge on any atom is 0.248 e. The molecule has 0 radical (unpaired) electrons. The molecular formula is C12H13BrN2O. The van der Waals surface area contributed by atoms with Gasteiger partial charge in [0.2, 0.25) is 11.8 Å². The largest absolute Gasteiger partial charge is 0.420 e. The summed E-state index contributed by atoms with van der Waals surface area (Å²) in [6.45, 7) is 6.09. The van der Waals surface area contributed by atoms with E-state index >= 15 is 0 Å². The van der Waals surface area contributed by atoms with Crippen LogP contribution in [0.4, 0.5) is 0 Å². The Bertz CT molecular complexity index is 505. The van der Waals surface area contributed by atoms with Crippen molar-refractivity contribution in [3.8, 4) is 11.5 Å². The molecule has 0 aliphatic rings. The summed E-state index contributed by atoms with van der Waals surface area (Å²) in [5.74, 6) is 1.52. The molecule has 1 heterocycles. The van der Waals surface area contributed by atoms with Crippen molar-refractivity contribution in [2.24, 2.45) is 0 Å². The van der Waals surface area contributed by atoms with Crippen molar-refractivity contribution in [2.75, 3.05) is 0 Å². The maximum atomic E-state index is 5.62. The Kier molecular flexibility index (Phi) is 3.10. The summed E-state index contributed by atoms with van der Waals surface area (Å²) in [5, 5.41) is 8.10. The maximum absolute atomic E-state index is 5.62. The molecular weight excluding hydrogens is 268 g/mol. The zero-order chi connectivity index (χ0) is 11.7. The highest BCUT2D eigenvalue weighted by Crippen LogP contribution is 2.28. The minimum absolute atomic E-state index is 0.258. The van der Waals surface area contributed by atoms with Gasteiger partial charge in [-0.15, -0.1) is 10.2 Å². The van der Waals surface area contributed by atoms with Crippen molar-refractivity contribution in [1.82, 2.24) is 10.2 Å². The lowest BCUT2D eigenvalue weighted by Crippen LogP contribution is -1.85. The predicted molar refractivity (Wildman–Crippen MR) is 66.3 cm³/mol. The minimum atomic E-state index is 0.258. The predicted octanol–water partition coefficient (Wildman–Crippen LogP) is 3.93. The lowest BCUT2D eigenvalue weighted by Gasteiger charge is -2.02. The van der Waals surface area contributed by atoms with Crippen LogP contribution < -0.4 is 0 Å². The molecule has 0 N–H and O–H groups in total. The Balaban J connectivity index is 2.47. The van der Waals surface area contributed by atoms with Crippen molar-refractivity contribution in [2.45, 2.75) is 26.7 Å². The summed E-state index contributed by atoms with van der Waals surface area (Å²) < 4.78 is 6.67. The summed E-state index contributed by atoms with van der Waals surface area (Å²) >= 11 is 3.49. The van der Waals surface area contributed by atoms with Gasteiger partial charge in [-0.05, 0) is 24.6 Å². The van der Waals surface area contributed by atoms with Gasteiger partial charge >= 0.3 is 0 Å². The highest BCUT2D eigenvalue weighted by Gasteiger charge is 2.13. The van der Waals surface area contributed by atoms with Crippen molar-refractivity contribution < 1.29 is 4.42 Å². The first-order valence-electron chi connectivity index (χ1n) is 5.18. The van der Waals surface area contributed by atoms with Gasteiger partial charge in [-0.3, -0.25) is 0 Å². The van der Waals surface area contributed by atoms with Crippen LogP contribution in [0.25, 0.3) is 11.5 Å².